The largest absolute Gasteiger partial charge is 0.370 e. The minimum absolute atomic E-state index is 0.0394. The molecule has 26 heavy (non-hydrogen) atoms. The minimum atomic E-state index is 0.0394. The molecule has 140 valence electrons. The Balaban J connectivity index is 1.52. The van der Waals surface area contributed by atoms with Gasteiger partial charge in [-0.1, -0.05) is 31.2 Å². The molecule has 1 aliphatic rings. The van der Waals surface area contributed by atoms with Gasteiger partial charge in [0.25, 0.3) is 0 Å². The van der Waals surface area contributed by atoms with Crippen molar-refractivity contribution in [2.45, 2.75) is 25.9 Å². The van der Waals surface area contributed by atoms with Crippen LogP contribution in [0.4, 0.5) is 0 Å². The maximum atomic E-state index is 5.92. The normalized spacial score (nSPS) is 18.2. The molecule has 1 unspecified atom stereocenters. The minimum Gasteiger partial charge on any atom is -0.370 e. The van der Waals surface area contributed by atoms with Crippen molar-refractivity contribution in [1.82, 2.24) is 20.0 Å². The van der Waals surface area contributed by atoms with Gasteiger partial charge in [-0.3, -0.25) is 9.67 Å². The number of aryl methyl sites for hydroxylation is 2. The van der Waals surface area contributed by atoms with Gasteiger partial charge in [-0.25, -0.2) is 0 Å². The summed E-state index contributed by atoms with van der Waals surface area (Å²) >= 11 is 0. The molecule has 1 atom stereocenters. The van der Waals surface area contributed by atoms with Crippen LogP contribution in [0.3, 0.4) is 0 Å². The zero-order chi connectivity index (χ0) is 18.4. The predicted molar refractivity (Wildman–Crippen MR) is 104 cm³/mol. The van der Waals surface area contributed by atoms with Crippen molar-refractivity contribution in [1.29, 1.82) is 0 Å². The van der Waals surface area contributed by atoms with E-state index in [-0.39, 0.29) is 6.10 Å². The summed E-state index contributed by atoms with van der Waals surface area (Å²) < 4.78 is 7.73. The van der Waals surface area contributed by atoms with Gasteiger partial charge in [0.1, 0.15) is 6.10 Å². The second-order valence-corrected chi connectivity index (χ2v) is 6.65. The third-order valence-electron chi connectivity index (χ3n) is 4.80. The number of guanidine groups is 1. The molecule has 1 saturated heterocycles. The van der Waals surface area contributed by atoms with Crippen molar-refractivity contribution in [2.24, 2.45) is 12.0 Å². The number of hydrogen-bond acceptors (Lipinski definition) is 3. The molecule has 0 aliphatic carbocycles. The van der Waals surface area contributed by atoms with E-state index >= 15 is 0 Å². The Morgan fingerprint density at radius 2 is 2.08 bits per heavy atom. The van der Waals surface area contributed by atoms with Crippen LogP contribution in [-0.2, 0) is 24.6 Å². The zero-order valence-electron chi connectivity index (χ0n) is 16.0. The lowest BCUT2D eigenvalue weighted by molar-refractivity contribution is -0.00800. The third kappa shape index (κ3) is 4.64. The summed E-state index contributed by atoms with van der Waals surface area (Å²) in [6.07, 6.45) is 6.01. The van der Waals surface area contributed by atoms with E-state index < -0.39 is 0 Å². The first-order chi connectivity index (χ1) is 12.7. The average Bonchev–Trinajstić information content (AvgIpc) is 3.12. The maximum Gasteiger partial charge on any atom is 0.193 e. The molecule has 0 amide bonds. The SMILES string of the molecule is CCc1ccc(CCNC(=NC)N2CCOC(c3cnn(C)c3)C2)cc1. The fourth-order valence-electron chi connectivity index (χ4n) is 3.24. The van der Waals surface area contributed by atoms with Gasteiger partial charge in [0.05, 0.1) is 19.3 Å². The van der Waals surface area contributed by atoms with Crippen LogP contribution >= 0.6 is 0 Å². The van der Waals surface area contributed by atoms with Gasteiger partial charge in [-0.15, -0.1) is 0 Å². The molecule has 0 radical (unpaired) electrons. The number of nitrogens with zero attached hydrogens (tertiary/aromatic N) is 4. The van der Waals surface area contributed by atoms with Crippen LogP contribution < -0.4 is 5.32 Å². The molecule has 2 aromatic rings. The molecule has 2 heterocycles. The lowest BCUT2D eigenvalue weighted by Crippen LogP contribution is -2.48. The van der Waals surface area contributed by atoms with Crippen molar-refractivity contribution in [3.05, 3.63) is 53.3 Å². The Hall–Kier alpha value is -2.34. The van der Waals surface area contributed by atoms with Crippen LogP contribution in [0.2, 0.25) is 0 Å². The first-order valence-corrected chi connectivity index (χ1v) is 9.33. The molecule has 1 aliphatic heterocycles. The van der Waals surface area contributed by atoms with E-state index in [0.29, 0.717) is 6.61 Å². The summed E-state index contributed by atoms with van der Waals surface area (Å²) in [6.45, 7) is 5.38. The first kappa shape index (κ1) is 18.5. The molecule has 6 nitrogen and oxygen atoms in total. The smallest absolute Gasteiger partial charge is 0.193 e. The van der Waals surface area contributed by atoms with Crippen molar-refractivity contribution in [2.75, 3.05) is 33.3 Å². The molecule has 0 bridgehead atoms. The van der Waals surface area contributed by atoms with Crippen LogP contribution in [0.1, 0.15) is 29.7 Å². The summed E-state index contributed by atoms with van der Waals surface area (Å²) in [5.41, 5.74) is 3.84. The van der Waals surface area contributed by atoms with Crippen LogP contribution in [0.25, 0.3) is 0 Å². The van der Waals surface area contributed by atoms with Gasteiger partial charge < -0.3 is 15.0 Å². The monoisotopic (exact) mass is 355 g/mol. The lowest BCUT2D eigenvalue weighted by atomic mass is 10.1. The zero-order valence-corrected chi connectivity index (χ0v) is 16.0. The van der Waals surface area contributed by atoms with Gasteiger partial charge in [-0.2, -0.15) is 5.10 Å². The molecule has 3 rings (SSSR count). The van der Waals surface area contributed by atoms with Gasteiger partial charge in [0, 0.05) is 38.9 Å². The summed E-state index contributed by atoms with van der Waals surface area (Å²) in [5, 5.41) is 7.74. The second kappa shape index (κ2) is 8.85. The molecule has 1 fully saturated rings. The van der Waals surface area contributed by atoms with Crippen LogP contribution in [0.5, 0.6) is 0 Å². The molecule has 1 N–H and O–H groups in total. The number of benzene rings is 1. The number of rotatable bonds is 5. The van der Waals surface area contributed by atoms with Gasteiger partial charge >= 0.3 is 0 Å². The number of hydrogen-bond donors (Lipinski definition) is 1. The number of aromatic nitrogens is 2. The van der Waals surface area contributed by atoms with E-state index in [1.165, 1.54) is 11.1 Å². The molecule has 0 spiro atoms. The van der Waals surface area contributed by atoms with Gasteiger partial charge in [0.15, 0.2) is 5.96 Å². The fourth-order valence-corrected chi connectivity index (χ4v) is 3.24. The van der Waals surface area contributed by atoms with Crippen molar-refractivity contribution >= 4 is 5.96 Å². The van der Waals surface area contributed by atoms with Crippen molar-refractivity contribution in [3.63, 3.8) is 0 Å². The van der Waals surface area contributed by atoms with Gasteiger partial charge in [0.2, 0.25) is 0 Å². The number of ether oxygens (including phenoxy) is 1. The Bertz CT molecular complexity index is 722. The van der Waals surface area contributed by atoms with Crippen LogP contribution in [-0.4, -0.2) is 53.9 Å². The standard InChI is InChI=1S/C20H29N5O/c1-4-16-5-7-17(8-6-16)9-10-22-20(21-2)25-11-12-26-19(15-25)18-13-23-24(3)14-18/h5-8,13-14,19H,4,9-12,15H2,1-3H3,(H,21,22). The molecule has 0 saturated carbocycles. The third-order valence-corrected chi connectivity index (χ3v) is 4.80. The predicted octanol–water partition coefficient (Wildman–Crippen LogP) is 2.17. The average molecular weight is 355 g/mol. The fraction of sp³-hybridized carbons (Fsp3) is 0.500. The van der Waals surface area contributed by atoms with Gasteiger partial charge in [-0.05, 0) is 24.0 Å². The van der Waals surface area contributed by atoms with E-state index in [0.717, 1.165) is 44.0 Å². The number of aliphatic imine (C=N–C) groups is 1. The van der Waals surface area contributed by atoms with E-state index in [4.69, 9.17) is 4.74 Å². The molecule has 6 heteroatoms. The van der Waals surface area contributed by atoms with E-state index in [1.807, 2.05) is 31.2 Å². The van der Waals surface area contributed by atoms with Crippen LogP contribution in [0.15, 0.2) is 41.7 Å². The molecular weight excluding hydrogens is 326 g/mol. The Labute approximate surface area is 155 Å². The number of nitrogens with one attached hydrogen (secondary N) is 1. The Morgan fingerprint density at radius 1 is 1.31 bits per heavy atom. The quantitative estimate of drug-likeness (QED) is 0.660. The summed E-state index contributed by atoms with van der Waals surface area (Å²) in [6, 6.07) is 8.86. The summed E-state index contributed by atoms with van der Waals surface area (Å²) in [4.78, 5) is 6.72. The maximum absolute atomic E-state index is 5.92. The second-order valence-electron chi connectivity index (χ2n) is 6.65. The lowest BCUT2D eigenvalue weighted by Gasteiger charge is -2.34. The number of morpholine rings is 1. The summed E-state index contributed by atoms with van der Waals surface area (Å²) in [5.74, 6) is 0.937. The Kier molecular flexibility index (Phi) is 6.28. The molecule has 1 aromatic heterocycles. The molecule has 1 aromatic carbocycles. The Morgan fingerprint density at radius 3 is 2.73 bits per heavy atom. The highest BCUT2D eigenvalue weighted by molar-refractivity contribution is 5.80. The van der Waals surface area contributed by atoms with Crippen molar-refractivity contribution < 1.29 is 4.74 Å². The molecular formula is C20H29N5O. The van der Waals surface area contributed by atoms with E-state index in [1.54, 1.807) is 0 Å². The summed E-state index contributed by atoms with van der Waals surface area (Å²) in [7, 11) is 3.77. The highest BCUT2D eigenvalue weighted by Crippen LogP contribution is 2.21. The van der Waals surface area contributed by atoms with E-state index in [2.05, 4.69) is 51.5 Å². The van der Waals surface area contributed by atoms with Crippen molar-refractivity contribution in [3.8, 4) is 0 Å². The van der Waals surface area contributed by atoms with E-state index in [9.17, 15) is 0 Å². The first-order valence-electron chi connectivity index (χ1n) is 9.33. The van der Waals surface area contributed by atoms with Crippen LogP contribution in [0, 0.1) is 0 Å². The topological polar surface area (TPSA) is 54.7 Å². The highest BCUT2D eigenvalue weighted by Gasteiger charge is 2.24. The highest BCUT2D eigenvalue weighted by atomic mass is 16.5.